The fraction of sp³-hybridized carbons (Fsp3) is 0.0870. The van der Waals surface area contributed by atoms with Crippen molar-refractivity contribution < 1.29 is 17.6 Å². The van der Waals surface area contributed by atoms with Crippen LogP contribution < -0.4 is 10.0 Å². The molecule has 0 aliphatic carbocycles. The molecule has 0 aliphatic heterocycles. The number of hydrogen-bond acceptors (Lipinski definition) is 4. The molecule has 158 valence electrons. The SMILES string of the molecule is Cc1cccc(C)c1NS(=O)(=O)c1ccc(NC(=O)c2cc3cccc(Br)c3o2)cc1. The van der Waals surface area contributed by atoms with Crippen LogP contribution in [0.2, 0.25) is 0 Å². The van der Waals surface area contributed by atoms with Crippen LogP contribution >= 0.6 is 15.9 Å². The summed E-state index contributed by atoms with van der Waals surface area (Å²) in [6, 6.07) is 18.7. The molecule has 0 unspecified atom stereocenters. The monoisotopic (exact) mass is 498 g/mol. The highest BCUT2D eigenvalue weighted by Crippen LogP contribution is 2.28. The Balaban J connectivity index is 1.52. The van der Waals surface area contributed by atoms with Gasteiger partial charge in [-0.3, -0.25) is 9.52 Å². The minimum Gasteiger partial charge on any atom is -0.450 e. The minimum absolute atomic E-state index is 0.0980. The third kappa shape index (κ3) is 4.35. The van der Waals surface area contributed by atoms with Crippen molar-refractivity contribution in [2.24, 2.45) is 0 Å². The second-order valence-corrected chi connectivity index (χ2v) is 9.66. The fourth-order valence-electron chi connectivity index (χ4n) is 3.22. The summed E-state index contributed by atoms with van der Waals surface area (Å²) in [5.74, 6) is -0.261. The Morgan fingerprint density at radius 1 is 0.935 bits per heavy atom. The zero-order valence-electron chi connectivity index (χ0n) is 16.8. The lowest BCUT2D eigenvalue weighted by molar-refractivity contribution is 0.0998. The topological polar surface area (TPSA) is 88.4 Å². The molecule has 0 spiro atoms. The first-order chi connectivity index (χ1) is 14.7. The Labute approximate surface area is 188 Å². The molecule has 31 heavy (non-hydrogen) atoms. The molecule has 6 nitrogen and oxygen atoms in total. The van der Waals surface area contributed by atoms with Crippen LogP contribution in [0.1, 0.15) is 21.7 Å². The molecule has 1 heterocycles. The average Bonchev–Trinajstić information content (AvgIpc) is 3.17. The minimum atomic E-state index is -3.76. The molecule has 1 aromatic heterocycles. The van der Waals surface area contributed by atoms with Gasteiger partial charge in [-0.2, -0.15) is 0 Å². The van der Waals surface area contributed by atoms with E-state index in [0.717, 1.165) is 21.0 Å². The summed E-state index contributed by atoms with van der Waals surface area (Å²) in [5, 5.41) is 3.53. The van der Waals surface area contributed by atoms with E-state index in [4.69, 9.17) is 4.42 Å². The molecule has 0 fully saturated rings. The number of carbonyl (C=O) groups excluding carboxylic acids is 1. The predicted molar refractivity (Wildman–Crippen MR) is 125 cm³/mol. The van der Waals surface area contributed by atoms with Gasteiger partial charge in [-0.05, 0) is 77.3 Å². The molecule has 0 bridgehead atoms. The smallest absolute Gasteiger partial charge is 0.291 e. The van der Waals surface area contributed by atoms with E-state index < -0.39 is 15.9 Å². The van der Waals surface area contributed by atoms with E-state index in [0.29, 0.717) is 17.0 Å². The second kappa shape index (κ2) is 8.20. The van der Waals surface area contributed by atoms with Crippen LogP contribution in [0.3, 0.4) is 0 Å². The molecule has 4 rings (SSSR count). The maximum atomic E-state index is 12.8. The van der Waals surface area contributed by atoms with E-state index in [-0.39, 0.29) is 10.7 Å². The number of para-hydroxylation sites is 2. The highest BCUT2D eigenvalue weighted by atomic mass is 79.9. The molecule has 0 saturated heterocycles. The van der Waals surface area contributed by atoms with Crippen LogP contribution in [0.5, 0.6) is 0 Å². The van der Waals surface area contributed by atoms with Gasteiger partial charge in [-0.25, -0.2) is 8.42 Å². The quantitative estimate of drug-likeness (QED) is 0.360. The Kier molecular flexibility index (Phi) is 5.60. The van der Waals surface area contributed by atoms with Crippen LogP contribution in [0.15, 0.2) is 80.5 Å². The van der Waals surface area contributed by atoms with Crippen molar-refractivity contribution in [3.8, 4) is 0 Å². The number of hydrogen-bond donors (Lipinski definition) is 2. The number of nitrogens with one attached hydrogen (secondary N) is 2. The van der Waals surface area contributed by atoms with Gasteiger partial charge < -0.3 is 9.73 Å². The van der Waals surface area contributed by atoms with Gasteiger partial charge in [0.1, 0.15) is 5.58 Å². The Bertz CT molecular complexity index is 1370. The standard InChI is InChI=1S/C23H19BrN2O4S/c1-14-5-3-6-15(2)21(14)26-31(28,29)18-11-9-17(10-12-18)25-23(27)20-13-16-7-4-8-19(24)22(16)30-20/h3-13,26H,1-2H3,(H,25,27). The van der Waals surface area contributed by atoms with Crippen molar-refractivity contribution in [3.05, 3.63) is 88.1 Å². The van der Waals surface area contributed by atoms with Gasteiger partial charge in [0.15, 0.2) is 5.76 Å². The first-order valence-electron chi connectivity index (χ1n) is 9.43. The van der Waals surface area contributed by atoms with E-state index in [2.05, 4.69) is 26.0 Å². The Morgan fingerprint density at radius 2 is 1.58 bits per heavy atom. The first-order valence-corrected chi connectivity index (χ1v) is 11.7. The van der Waals surface area contributed by atoms with E-state index >= 15 is 0 Å². The van der Waals surface area contributed by atoms with Crippen molar-refractivity contribution in [2.45, 2.75) is 18.7 Å². The van der Waals surface area contributed by atoms with Gasteiger partial charge in [0, 0.05) is 11.1 Å². The molecule has 1 amide bonds. The number of halogens is 1. The molecule has 3 aromatic carbocycles. The van der Waals surface area contributed by atoms with E-state index in [1.807, 2.05) is 50.2 Å². The third-order valence-corrected chi connectivity index (χ3v) is 6.85. The van der Waals surface area contributed by atoms with Crippen molar-refractivity contribution in [2.75, 3.05) is 10.0 Å². The lowest BCUT2D eigenvalue weighted by atomic mass is 10.1. The molecule has 8 heteroatoms. The van der Waals surface area contributed by atoms with Crippen molar-refractivity contribution in [3.63, 3.8) is 0 Å². The molecule has 0 saturated carbocycles. The lowest BCUT2D eigenvalue weighted by Gasteiger charge is -2.13. The molecular weight excluding hydrogens is 480 g/mol. The zero-order valence-corrected chi connectivity index (χ0v) is 19.2. The van der Waals surface area contributed by atoms with Crippen LogP contribution in [0.25, 0.3) is 11.0 Å². The third-order valence-electron chi connectivity index (χ3n) is 4.86. The van der Waals surface area contributed by atoms with Crippen molar-refractivity contribution in [1.82, 2.24) is 0 Å². The van der Waals surface area contributed by atoms with Crippen LogP contribution in [-0.4, -0.2) is 14.3 Å². The number of rotatable bonds is 5. The number of fused-ring (bicyclic) bond motifs is 1. The first kappa shape index (κ1) is 21.1. The number of sulfonamides is 1. The Morgan fingerprint density at radius 3 is 2.23 bits per heavy atom. The number of aryl methyl sites for hydroxylation is 2. The highest BCUT2D eigenvalue weighted by Gasteiger charge is 2.18. The van der Waals surface area contributed by atoms with Crippen molar-refractivity contribution >= 4 is 54.2 Å². The molecular formula is C23H19BrN2O4S. The average molecular weight is 499 g/mol. The van der Waals surface area contributed by atoms with Gasteiger partial charge in [-0.15, -0.1) is 0 Å². The lowest BCUT2D eigenvalue weighted by Crippen LogP contribution is -2.15. The summed E-state index contributed by atoms with van der Waals surface area (Å²) in [7, 11) is -3.76. The Hall–Kier alpha value is -3.10. The number of furan rings is 1. The number of carbonyl (C=O) groups is 1. The number of anilines is 2. The largest absolute Gasteiger partial charge is 0.450 e. The molecule has 0 aliphatic rings. The maximum Gasteiger partial charge on any atom is 0.291 e. The molecule has 2 N–H and O–H groups in total. The summed E-state index contributed by atoms with van der Waals surface area (Å²) in [6.07, 6.45) is 0. The second-order valence-electron chi connectivity index (χ2n) is 7.12. The normalized spacial score (nSPS) is 11.5. The van der Waals surface area contributed by atoms with E-state index in [9.17, 15) is 13.2 Å². The molecule has 0 atom stereocenters. The summed E-state index contributed by atoms with van der Waals surface area (Å²) in [5.41, 5.74) is 3.29. The summed E-state index contributed by atoms with van der Waals surface area (Å²) >= 11 is 3.40. The van der Waals surface area contributed by atoms with Gasteiger partial charge in [0.2, 0.25) is 0 Å². The number of benzene rings is 3. The summed E-state index contributed by atoms with van der Waals surface area (Å²) < 4.78 is 34.6. The predicted octanol–water partition coefficient (Wildman–Crippen LogP) is 5.87. The molecule has 4 aromatic rings. The number of amides is 1. The highest BCUT2D eigenvalue weighted by molar-refractivity contribution is 9.10. The van der Waals surface area contributed by atoms with Gasteiger partial charge in [0.25, 0.3) is 15.9 Å². The van der Waals surface area contributed by atoms with Crippen molar-refractivity contribution in [1.29, 1.82) is 0 Å². The van der Waals surface area contributed by atoms with Gasteiger partial charge in [0.05, 0.1) is 15.1 Å². The van der Waals surface area contributed by atoms with E-state index in [1.165, 1.54) is 24.3 Å². The van der Waals surface area contributed by atoms with Crippen LogP contribution in [-0.2, 0) is 10.0 Å². The van der Waals surface area contributed by atoms with Crippen LogP contribution in [0, 0.1) is 13.8 Å². The zero-order chi connectivity index (χ0) is 22.2. The molecule has 0 radical (unpaired) electrons. The van der Waals surface area contributed by atoms with E-state index in [1.54, 1.807) is 6.07 Å². The van der Waals surface area contributed by atoms with Gasteiger partial charge in [-0.1, -0.05) is 30.3 Å². The maximum absolute atomic E-state index is 12.8. The fourth-order valence-corrected chi connectivity index (χ4v) is 4.88. The van der Waals surface area contributed by atoms with Gasteiger partial charge >= 0.3 is 0 Å². The summed E-state index contributed by atoms with van der Waals surface area (Å²) in [6.45, 7) is 3.69. The summed E-state index contributed by atoms with van der Waals surface area (Å²) in [4.78, 5) is 12.6. The van der Waals surface area contributed by atoms with Crippen LogP contribution in [0.4, 0.5) is 11.4 Å².